The van der Waals surface area contributed by atoms with Gasteiger partial charge in [0, 0.05) is 0 Å². The van der Waals surface area contributed by atoms with Crippen LogP contribution in [0.1, 0.15) is 10.4 Å². The minimum absolute atomic E-state index is 0.104. The van der Waals surface area contributed by atoms with Crippen LogP contribution >= 0.6 is 0 Å². The normalized spacial score (nSPS) is 9.62. The molecule has 1 rings (SSSR count). The van der Waals surface area contributed by atoms with Crippen LogP contribution in [0.4, 0.5) is 0 Å². The molecule has 1 amide bonds. The Labute approximate surface area is 75.9 Å². The molecule has 0 bridgehead atoms. The van der Waals surface area contributed by atoms with Crippen molar-refractivity contribution in [2.24, 2.45) is 5.73 Å². The van der Waals surface area contributed by atoms with Gasteiger partial charge in [0.05, 0.1) is 12.2 Å². The van der Waals surface area contributed by atoms with Gasteiger partial charge in [0.25, 0.3) is 5.91 Å². The van der Waals surface area contributed by atoms with Crippen molar-refractivity contribution in [1.29, 1.82) is 0 Å². The fraction of sp³-hybridized carbons (Fsp3) is 0.222. The predicted octanol–water partition coefficient (Wildman–Crippen LogP) is -0.0432. The molecule has 0 aliphatic heterocycles. The minimum Gasteiger partial charge on any atom is -0.490 e. The van der Waals surface area contributed by atoms with E-state index in [4.69, 9.17) is 15.6 Å². The van der Waals surface area contributed by atoms with Gasteiger partial charge in [-0.05, 0) is 18.2 Å². The van der Waals surface area contributed by atoms with Gasteiger partial charge in [-0.3, -0.25) is 4.79 Å². The van der Waals surface area contributed by atoms with Gasteiger partial charge in [-0.2, -0.15) is 0 Å². The van der Waals surface area contributed by atoms with Crippen molar-refractivity contribution >= 4 is 5.91 Å². The molecule has 0 saturated carbocycles. The lowest BCUT2D eigenvalue weighted by molar-refractivity contribution is 0.0994. The standard InChI is InChI=1S/C9H10NO3/c10-9(12)7-3-1-2-4-8(7)13-6-5-11/h1,3-4,11H,5-6H2,(H2,10,12). The van der Waals surface area contributed by atoms with Crippen molar-refractivity contribution in [3.63, 3.8) is 0 Å². The first-order valence-corrected chi connectivity index (χ1v) is 3.79. The van der Waals surface area contributed by atoms with Crippen LogP contribution in [0, 0.1) is 6.07 Å². The Balaban J connectivity index is 2.84. The summed E-state index contributed by atoms with van der Waals surface area (Å²) in [6.07, 6.45) is 0. The van der Waals surface area contributed by atoms with Gasteiger partial charge in [-0.25, -0.2) is 0 Å². The zero-order valence-corrected chi connectivity index (χ0v) is 6.99. The molecule has 0 atom stereocenters. The van der Waals surface area contributed by atoms with E-state index in [9.17, 15) is 4.79 Å². The topological polar surface area (TPSA) is 72.6 Å². The molecular weight excluding hydrogens is 170 g/mol. The van der Waals surface area contributed by atoms with Crippen LogP contribution in [0.15, 0.2) is 18.2 Å². The molecule has 1 aromatic rings. The van der Waals surface area contributed by atoms with Crippen LogP contribution in [0.25, 0.3) is 0 Å². The molecule has 1 aromatic carbocycles. The summed E-state index contributed by atoms with van der Waals surface area (Å²) in [6.45, 7) is 0.0330. The van der Waals surface area contributed by atoms with E-state index in [2.05, 4.69) is 6.07 Å². The number of hydrogen-bond acceptors (Lipinski definition) is 3. The number of aliphatic hydroxyl groups is 1. The van der Waals surface area contributed by atoms with Crippen LogP contribution in [0.3, 0.4) is 0 Å². The average Bonchev–Trinajstić information content (AvgIpc) is 2.15. The molecule has 0 unspecified atom stereocenters. The van der Waals surface area contributed by atoms with E-state index in [1.165, 1.54) is 12.1 Å². The number of rotatable bonds is 4. The summed E-state index contributed by atoms with van der Waals surface area (Å²) >= 11 is 0. The highest BCUT2D eigenvalue weighted by Crippen LogP contribution is 2.16. The fourth-order valence-corrected chi connectivity index (χ4v) is 0.894. The first kappa shape index (κ1) is 9.54. The van der Waals surface area contributed by atoms with E-state index in [1.54, 1.807) is 6.07 Å². The van der Waals surface area contributed by atoms with Crippen molar-refractivity contribution < 1.29 is 14.6 Å². The lowest BCUT2D eigenvalue weighted by Gasteiger charge is -2.06. The fourth-order valence-electron chi connectivity index (χ4n) is 0.894. The van der Waals surface area contributed by atoms with Crippen molar-refractivity contribution in [3.8, 4) is 5.75 Å². The maximum atomic E-state index is 10.9. The van der Waals surface area contributed by atoms with E-state index in [-0.39, 0.29) is 13.2 Å². The van der Waals surface area contributed by atoms with Gasteiger partial charge in [-0.15, -0.1) is 0 Å². The third-order valence-electron chi connectivity index (χ3n) is 1.44. The SMILES string of the molecule is NC(=O)c1cc[c]cc1OCCO. The van der Waals surface area contributed by atoms with E-state index < -0.39 is 5.91 Å². The Hall–Kier alpha value is -1.55. The number of hydrogen-bond donors (Lipinski definition) is 2. The number of aliphatic hydroxyl groups excluding tert-OH is 1. The molecule has 0 aliphatic rings. The Morgan fingerprint density at radius 2 is 2.46 bits per heavy atom. The summed E-state index contributed by atoms with van der Waals surface area (Å²) in [7, 11) is 0. The van der Waals surface area contributed by atoms with Crippen molar-refractivity contribution in [1.82, 2.24) is 0 Å². The summed E-state index contributed by atoms with van der Waals surface area (Å²) in [5.41, 5.74) is 5.39. The molecule has 0 fully saturated rings. The number of primary amides is 1. The molecule has 0 heterocycles. The lowest BCUT2D eigenvalue weighted by Crippen LogP contribution is -2.13. The largest absolute Gasteiger partial charge is 0.490 e. The second kappa shape index (κ2) is 4.47. The summed E-state index contributed by atoms with van der Waals surface area (Å²) in [4.78, 5) is 10.9. The third kappa shape index (κ3) is 2.45. The summed E-state index contributed by atoms with van der Waals surface area (Å²) in [5, 5.41) is 8.51. The van der Waals surface area contributed by atoms with Gasteiger partial charge >= 0.3 is 0 Å². The Morgan fingerprint density at radius 1 is 1.69 bits per heavy atom. The van der Waals surface area contributed by atoms with Crippen LogP contribution in [-0.4, -0.2) is 24.2 Å². The molecule has 3 N–H and O–H groups in total. The second-order valence-electron chi connectivity index (χ2n) is 2.36. The molecule has 0 saturated heterocycles. The number of nitrogens with two attached hydrogens (primary N) is 1. The molecule has 0 aromatic heterocycles. The van der Waals surface area contributed by atoms with Gasteiger partial charge in [-0.1, -0.05) is 6.07 Å². The minimum atomic E-state index is -0.554. The predicted molar refractivity (Wildman–Crippen MR) is 46.4 cm³/mol. The number of carbonyl (C=O) groups is 1. The van der Waals surface area contributed by atoms with Crippen LogP contribution in [0.5, 0.6) is 5.75 Å². The molecule has 4 heteroatoms. The molecule has 1 radical (unpaired) electrons. The number of ether oxygens (including phenoxy) is 1. The number of amides is 1. The van der Waals surface area contributed by atoms with Gasteiger partial charge in [0.2, 0.25) is 0 Å². The van der Waals surface area contributed by atoms with E-state index >= 15 is 0 Å². The zero-order chi connectivity index (χ0) is 9.68. The quantitative estimate of drug-likeness (QED) is 0.682. The van der Waals surface area contributed by atoms with Crippen molar-refractivity contribution in [2.45, 2.75) is 0 Å². The highest BCUT2D eigenvalue weighted by atomic mass is 16.5. The highest BCUT2D eigenvalue weighted by Gasteiger charge is 2.07. The lowest BCUT2D eigenvalue weighted by atomic mass is 10.2. The molecule has 13 heavy (non-hydrogen) atoms. The van der Waals surface area contributed by atoms with Gasteiger partial charge in [0.1, 0.15) is 12.4 Å². The van der Waals surface area contributed by atoms with Crippen molar-refractivity contribution in [3.05, 3.63) is 29.8 Å². The Kier molecular flexibility index (Phi) is 3.28. The first-order valence-electron chi connectivity index (χ1n) is 3.79. The van der Waals surface area contributed by atoms with E-state index in [0.717, 1.165) is 0 Å². The number of carbonyl (C=O) groups excluding carboxylic acids is 1. The van der Waals surface area contributed by atoms with E-state index in [0.29, 0.717) is 11.3 Å². The summed E-state index contributed by atoms with van der Waals surface area (Å²) < 4.78 is 5.07. The number of benzene rings is 1. The monoisotopic (exact) mass is 180 g/mol. The van der Waals surface area contributed by atoms with Gasteiger partial charge < -0.3 is 15.6 Å². The zero-order valence-electron chi connectivity index (χ0n) is 6.99. The third-order valence-corrected chi connectivity index (χ3v) is 1.44. The highest BCUT2D eigenvalue weighted by molar-refractivity contribution is 5.95. The van der Waals surface area contributed by atoms with Crippen molar-refractivity contribution in [2.75, 3.05) is 13.2 Å². The first-order chi connectivity index (χ1) is 6.25. The smallest absolute Gasteiger partial charge is 0.252 e. The van der Waals surface area contributed by atoms with Crippen LogP contribution in [-0.2, 0) is 0 Å². The summed E-state index contributed by atoms with van der Waals surface area (Å²) in [6, 6.07) is 7.36. The molecule has 69 valence electrons. The maximum Gasteiger partial charge on any atom is 0.252 e. The molecular formula is C9H10NO3. The Bertz CT molecular complexity index is 299. The molecule has 0 aliphatic carbocycles. The van der Waals surface area contributed by atoms with Gasteiger partial charge in [0.15, 0.2) is 0 Å². The maximum absolute atomic E-state index is 10.9. The second-order valence-corrected chi connectivity index (χ2v) is 2.36. The molecule has 4 nitrogen and oxygen atoms in total. The van der Waals surface area contributed by atoms with Crippen LogP contribution in [0.2, 0.25) is 0 Å². The average molecular weight is 180 g/mol. The van der Waals surface area contributed by atoms with Crippen LogP contribution < -0.4 is 10.5 Å². The van der Waals surface area contributed by atoms with E-state index in [1.807, 2.05) is 0 Å². The Morgan fingerprint density at radius 3 is 3.08 bits per heavy atom. The summed E-state index contributed by atoms with van der Waals surface area (Å²) in [5.74, 6) is -0.203. The molecule has 0 spiro atoms.